The maximum Gasteiger partial charge on any atom is 0.252 e. The van der Waals surface area contributed by atoms with Gasteiger partial charge in [0, 0.05) is 19.2 Å². The van der Waals surface area contributed by atoms with E-state index in [1.807, 2.05) is 0 Å². The van der Waals surface area contributed by atoms with Gasteiger partial charge in [-0.3, -0.25) is 14.6 Å². The van der Waals surface area contributed by atoms with Crippen LogP contribution < -0.4 is 10.6 Å². The van der Waals surface area contributed by atoms with Gasteiger partial charge in [0.25, 0.3) is 5.91 Å². The Morgan fingerprint density at radius 3 is 2.67 bits per heavy atom. The monoisotopic (exact) mass is 303 g/mol. The summed E-state index contributed by atoms with van der Waals surface area (Å²) in [6, 6.07) is 10.2. The summed E-state index contributed by atoms with van der Waals surface area (Å²) in [4.78, 5) is 27.4. The number of halogens is 1. The fourth-order valence-electron chi connectivity index (χ4n) is 1.69. The van der Waals surface area contributed by atoms with Gasteiger partial charge in [-0.25, -0.2) is 0 Å². The summed E-state index contributed by atoms with van der Waals surface area (Å²) in [5.41, 5.74) is 1.02. The summed E-state index contributed by atoms with van der Waals surface area (Å²) in [6.07, 6.45) is 3.35. The highest BCUT2D eigenvalue weighted by atomic mass is 35.5. The van der Waals surface area contributed by atoms with E-state index in [1.165, 1.54) is 0 Å². The number of hydrogen-bond acceptors (Lipinski definition) is 3. The molecule has 0 unspecified atom stereocenters. The first-order valence-corrected chi connectivity index (χ1v) is 6.77. The molecule has 2 aromatic rings. The molecule has 6 heteroatoms. The van der Waals surface area contributed by atoms with Crippen LogP contribution in [0.2, 0.25) is 5.02 Å². The van der Waals surface area contributed by atoms with E-state index in [0.29, 0.717) is 16.3 Å². The lowest BCUT2D eigenvalue weighted by atomic mass is 10.2. The van der Waals surface area contributed by atoms with Gasteiger partial charge < -0.3 is 10.6 Å². The van der Waals surface area contributed by atoms with Crippen molar-refractivity contribution < 1.29 is 9.59 Å². The Labute approximate surface area is 127 Å². The summed E-state index contributed by atoms with van der Waals surface area (Å²) in [5.74, 6) is -0.489. The standard InChI is InChI=1S/C15H14ClN3O2/c16-13-6-2-1-5-12(13)15(21)18-9-7-14(20)19-11-4-3-8-17-10-11/h1-6,8,10H,7,9H2,(H,18,21)(H,19,20). The zero-order valence-corrected chi connectivity index (χ0v) is 11.9. The lowest BCUT2D eigenvalue weighted by molar-refractivity contribution is -0.116. The van der Waals surface area contributed by atoms with Crippen LogP contribution in [0.15, 0.2) is 48.8 Å². The largest absolute Gasteiger partial charge is 0.351 e. The molecule has 2 N–H and O–H groups in total. The molecule has 0 saturated carbocycles. The van der Waals surface area contributed by atoms with Crippen molar-refractivity contribution in [3.8, 4) is 0 Å². The van der Waals surface area contributed by atoms with Crippen LogP contribution in [0.5, 0.6) is 0 Å². The van der Waals surface area contributed by atoms with Gasteiger partial charge in [0.2, 0.25) is 5.91 Å². The molecule has 2 rings (SSSR count). The first-order chi connectivity index (χ1) is 10.2. The minimum absolute atomic E-state index is 0.172. The maximum absolute atomic E-state index is 11.9. The van der Waals surface area contributed by atoms with Gasteiger partial charge in [-0.2, -0.15) is 0 Å². The molecule has 1 aromatic carbocycles. The van der Waals surface area contributed by atoms with E-state index in [4.69, 9.17) is 11.6 Å². The molecule has 1 aromatic heterocycles. The number of hydrogen-bond donors (Lipinski definition) is 2. The predicted octanol–water partition coefficient (Wildman–Crippen LogP) is 2.49. The van der Waals surface area contributed by atoms with E-state index in [-0.39, 0.29) is 24.8 Å². The number of pyridine rings is 1. The third-order valence-electron chi connectivity index (χ3n) is 2.70. The average molecular weight is 304 g/mol. The van der Waals surface area contributed by atoms with Crippen molar-refractivity contribution in [2.45, 2.75) is 6.42 Å². The van der Waals surface area contributed by atoms with Crippen LogP contribution >= 0.6 is 11.6 Å². The predicted molar refractivity (Wildman–Crippen MR) is 81.3 cm³/mol. The Morgan fingerprint density at radius 2 is 1.95 bits per heavy atom. The number of carbonyl (C=O) groups excluding carboxylic acids is 2. The molecular formula is C15H14ClN3O2. The number of amides is 2. The number of aromatic nitrogens is 1. The van der Waals surface area contributed by atoms with Crippen molar-refractivity contribution >= 4 is 29.1 Å². The minimum atomic E-state index is -0.297. The number of anilines is 1. The normalized spacial score (nSPS) is 9.95. The van der Waals surface area contributed by atoms with Gasteiger partial charge in [-0.05, 0) is 24.3 Å². The molecule has 0 radical (unpaired) electrons. The van der Waals surface area contributed by atoms with Gasteiger partial charge in [0.15, 0.2) is 0 Å². The second-order valence-electron chi connectivity index (χ2n) is 4.28. The lowest BCUT2D eigenvalue weighted by Gasteiger charge is -2.07. The first kappa shape index (κ1) is 15.0. The summed E-state index contributed by atoms with van der Waals surface area (Å²) in [7, 11) is 0. The highest BCUT2D eigenvalue weighted by Gasteiger charge is 2.09. The number of nitrogens with zero attached hydrogens (tertiary/aromatic N) is 1. The Kier molecular flexibility index (Phi) is 5.29. The van der Waals surface area contributed by atoms with E-state index in [0.717, 1.165) is 0 Å². The quantitative estimate of drug-likeness (QED) is 0.891. The van der Waals surface area contributed by atoms with Crippen LogP contribution in [0.4, 0.5) is 5.69 Å². The van der Waals surface area contributed by atoms with E-state index in [2.05, 4.69) is 15.6 Å². The molecule has 0 spiro atoms. The smallest absolute Gasteiger partial charge is 0.252 e. The first-order valence-electron chi connectivity index (χ1n) is 6.39. The molecule has 2 amide bonds. The van der Waals surface area contributed by atoms with Gasteiger partial charge >= 0.3 is 0 Å². The van der Waals surface area contributed by atoms with E-state index in [9.17, 15) is 9.59 Å². The molecule has 108 valence electrons. The molecular weight excluding hydrogens is 290 g/mol. The Hall–Kier alpha value is -2.40. The highest BCUT2D eigenvalue weighted by molar-refractivity contribution is 6.33. The average Bonchev–Trinajstić information content (AvgIpc) is 2.48. The molecule has 0 saturated heterocycles. The summed E-state index contributed by atoms with van der Waals surface area (Å²) in [6.45, 7) is 0.232. The van der Waals surface area contributed by atoms with Crippen molar-refractivity contribution in [3.05, 3.63) is 59.4 Å². The third kappa shape index (κ3) is 4.57. The third-order valence-corrected chi connectivity index (χ3v) is 3.03. The zero-order valence-electron chi connectivity index (χ0n) is 11.2. The molecule has 0 aliphatic carbocycles. The van der Waals surface area contributed by atoms with Crippen LogP contribution in [0.3, 0.4) is 0 Å². The summed E-state index contributed by atoms with van der Waals surface area (Å²) >= 11 is 5.92. The number of carbonyl (C=O) groups is 2. The van der Waals surface area contributed by atoms with Crippen LogP contribution in [0.1, 0.15) is 16.8 Å². The van der Waals surface area contributed by atoms with Crippen molar-refractivity contribution in [1.82, 2.24) is 10.3 Å². The molecule has 0 aliphatic heterocycles. The van der Waals surface area contributed by atoms with E-state index < -0.39 is 0 Å². The van der Waals surface area contributed by atoms with Gasteiger partial charge in [-0.15, -0.1) is 0 Å². The van der Waals surface area contributed by atoms with Crippen LogP contribution in [0.25, 0.3) is 0 Å². The molecule has 5 nitrogen and oxygen atoms in total. The highest BCUT2D eigenvalue weighted by Crippen LogP contribution is 2.14. The fraction of sp³-hybridized carbons (Fsp3) is 0.133. The molecule has 21 heavy (non-hydrogen) atoms. The lowest BCUT2D eigenvalue weighted by Crippen LogP contribution is -2.27. The summed E-state index contributed by atoms with van der Waals surface area (Å²) < 4.78 is 0. The van der Waals surface area contributed by atoms with Gasteiger partial charge in [0.1, 0.15) is 0 Å². The Bertz CT molecular complexity index is 632. The van der Waals surface area contributed by atoms with Gasteiger partial charge in [0.05, 0.1) is 22.5 Å². The molecule has 0 fully saturated rings. The maximum atomic E-state index is 11.9. The van der Waals surface area contributed by atoms with Crippen molar-refractivity contribution in [2.75, 3.05) is 11.9 Å². The van der Waals surface area contributed by atoms with Crippen LogP contribution in [-0.4, -0.2) is 23.3 Å². The SMILES string of the molecule is O=C(CCNC(=O)c1ccccc1Cl)Nc1cccnc1. The molecule has 0 atom stereocenters. The minimum Gasteiger partial charge on any atom is -0.351 e. The second-order valence-corrected chi connectivity index (χ2v) is 4.68. The van der Waals surface area contributed by atoms with Gasteiger partial charge in [-0.1, -0.05) is 23.7 Å². The second kappa shape index (κ2) is 7.40. The van der Waals surface area contributed by atoms with Crippen molar-refractivity contribution in [3.63, 3.8) is 0 Å². The van der Waals surface area contributed by atoms with Crippen molar-refractivity contribution in [1.29, 1.82) is 0 Å². The topological polar surface area (TPSA) is 71.1 Å². The molecule has 0 aliphatic rings. The van der Waals surface area contributed by atoms with E-state index in [1.54, 1.807) is 48.8 Å². The van der Waals surface area contributed by atoms with Crippen LogP contribution in [-0.2, 0) is 4.79 Å². The molecule has 0 bridgehead atoms. The van der Waals surface area contributed by atoms with E-state index >= 15 is 0 Å². The Morgan fingerprint density at radius 1 is 1.14 bits per heavy atom. The van der Waals surface area contributed by atoms with Crippen LogP contribution in [0, 0.1) is 0 Å². The summed E-state index contributed by atoms with van der Waals surface area (Å²) in [5, 5.41) is 5.73. The molecule has 1 heterocycles. The zero-order chi connectivity index (χ0) is 15.1. The number of nitrogens with one attached hydrogen (secondary N) is 2. The fourth-order valence-corrected chi connectivity index (χ4v) is 1.91. The Balaban J connectivity index is 1.78. The number of rotatable bonds is 5. The van der Waals surface area contributed by atoms with Crippen molar-refractivity contribution in [2.24, 2.45) is 0 Å². The number of benzene rings is 1.